The van der Waals surface area contributed by atoms with Gasteiger partial charge in [-0.1, -0.05) is 12.8 Å². The molecule has 3 aliphatic rings. The second kappa shape index (κ2) is 62.4. The van der Waals surface area contributed by atoms with Gasteiger partial charge in [0.05, 0.1) is 125 Å². The monoisotopic (exact) mass is 1850 g/mol. The highest BCUT2D eigenvalue weighted by molar-refractivity contribution is 7.44. The lowest BCUT2D eigenvalue weighted by molar-refractivity contribution is -0.279. The van der Waals surface area contributed by atoms with Crippen LogP contribution >= 0.6 is 8.53 Å². The van der Waals surface area contributed by atoms with E-state index in [1.165, 1.54) is 32.9 Å². The molecule has 0 bridgehead atoms. The second-order valence-electron chi connectivity index (χ2n) is 29.3. The first-order chi connectivity index (χ1) is 61.0. The van der Waals surface area contributed by atoms with Crippen molar-refractivity contribution in [1.82, 2.24) is 25.9 Å². The number of benzene rings is 1. The van der Waals surface area contributed by atoms with Crippen LogP contribution in [0.4, 0.5) is 0 Å². The van der Waals surface area contributed by atoms with Crippen molar-refractivity contribution in [3.63, 3.8) is 0 Å². The van der Waals surface area contributed by atoms with Gasteiger partial charge in [-0.15, -0.1) is 0 Å². The summed E-state index contributed by atoms with van der Waals surface area (Å²) in [6, 6.07) is 1.70. The minimum absolute atomic E-state index is 0.0200. The number of unbranched alkanes of at least 4 members (excludes halogenated alkanes) is 3. The Bertz CT molecular complexity index is 3490. The van der Waals surface area contributed by atoms with Gasteiger partial charge in [0.25, 0.3) is 14.4 Å². The molecule has 0 aliphatic carbocycles. The average Bonchev–Trinajstić information content (AvgIpc) is 0.791. The Balaban J connectivity index is 1.54. The predicted molar refractivity (Wildman–Crippen MR) is 440 cm³/mol. The zero-order chi connectivity index (χ0) is 94.6. The number of hydrogen-bond donors (Lipinski definition) is 4. The van der Waals surface area contributed by atoms with Gasteiger partial charge in [-0.05, 0) is 52.7 Å². The van der Waals surface area contributed by atoms with Gasteiger partial charge in [0.1, 0.15) is 76.1 Å². The molecule has 726 valence electrons. The summed E-state index contributed by atoms with van der Waals surface area (Å²) in [6.45, 7) is 20.7. The number of nitriles is 1. The van der Waals surface area contributed by atoms with Crippen molar-refractivity contribution in [2.45, 2.75) is 247 Å². The van der Waals surface area contributed by atoms with E-state index >= 15 is 0 Å². The van der Waals surface area contributed by atoms with E-state index in [9.17, 15) is 62.3 Å². The summed E-state index contributed by atoms with van der Waals surface area (Å²) in [6.07, 6.45) is -12.5. The molecule has 0 spiro atoms. The first kappa shape index (κ1) is 111. The molecule has 0 radical (unpaired) electrons. The maximum atomic E-state index is 14.3. The molecule has 3 fully saturated rings. The molecule has 3 saturated heterocycles. The SMILES string of the molecule is CC(=O)N[C@H]1[C@H](OCCOCCOCCOc2cc(C(=O)NCCCCCCOP(OCCC#N)N(C(C)C)C(C)C)cc(OCCOCCOCCO[C@@H]3O[C@H](COC(C)=O)[C@H](OC(C)=O)[C@H](OC(C)=O)[C@H]3NC(C)=O)c2OCCOCCOCCO[C@@H]2O[C@H](COC(C)=O)[C@H](OC(C)=O)[C@H](OC(C)=O)[C@H]2NC(C)=O)O[C@H](COC(C)=O)[C@H](OC(C)=O)[C@@H]1OC(C)=O. The molecule has 0 saturated carbocycles. The third kappa shape index (κ3) is 44.1. The van der Waals surface area contributed by atoms with Crippen molar-refractivity contribution in [3.05, 3.63) is 17.7 Å². The highest BCUT2D eigenvalue weighted by atomic mass is 31.2. The molecule has 16 atom stereocenters. The number of nitrogens with zero attached hydrogens (tertiary/aromatic N) is 2. The van der Waals surface area contributed by atoms with Crippen LogP contribution in [0.25, 0.3) is 0 Å². The van der Waals surface area contributed by atoms with Gasteiger partial charge < -0.3 is 144 Å². The van der Waals surface area contributed by atoms with Crippen LogP contribution in [0, 0.1) is 11.3 Å². The molecule has 45 nitrogen and oxygen atoms in total. The smallest absolute Gasteiger partial charge is 0.303 e. The van der Waals surface area contributed by atoms with Crippen LogP contribution in [0.2, 0.25) is 0 Å². The maximum absolute atomic E-state index is 14.3. The van der Waals surface area contributed by atoms with Crippen molar-refractivity contribution in [3.8, 4) is 23.3 Å². The van der Waals surface area contributed by atoms with E-state index in [0.29, 0.717) is 19.4 Å². The zero-order valence-corrected chi connectivity index (χ0v) is 76.6. The van der Waals surface area contributed by atoms with Crippen molar-refractivity contribution in [1.29, 1.82) is 5.26 Å². The van der Waals surface area contributed by atoms with Gasteiger partial charge in [0, 0.05) is 107 Å². The van der Waals surface area contributed by atoms with Gasteiger partial charge in [-0.25, -0.2) is 4.67 Å². The Morgan fingerprint density at radius 2 is 0.672 bits per heavy atom. The molecule has 0 aromatic heterocycles. The number of nitrogens with one attached hydrogen (secondary N) is 4. The summed E-state index contributed by atoms with van der Waals surface area (Å²) in [7, 11) is -1.42. The van der Waals surface area contributed by atoms with Gasteiger partial charge in [-0.2, -0.15) is 5.26 Å². The van der Waals surface area contributed by atoms with E-state index in [1.54, 1.807) is 0 Å². The molecule has 3 heterocycles. The third-order valence-electron chi connectivity index (χ3n) is 17.8. The summed E-state index contributed by atoms with van der Waals surface area (Å²) in [4.78, 5) is 161. The fourth-order valence-electron chi connectivity index (χ4n) is 13.0. The lowest BCUT2D eigenvalue weighted by Crippen LogP contribution is -2.66. The Morgan fingerprint density at radius 1 is 0.375 bits per heavy atom. The summed E-state index contributed by atoms with van der Waals surface area (Å²) in [5.74, 6) is -8.75. The highest BCUT2D eigenvalue weighted by Gasteiger charge is 2.54. The topological polar surface area (TPSA) is 537 Å². The Hall–Kier alpha value is -8.95. The number of carbonyl (C=O) groups is 13. The molecule has 4 amide bonds. The van der Waals surface area contributed by atoms with Crippen molar-refractivity contribution >= 4 is 85.9 Å². The van der Waals surface area contributed by atoms with Crippen molar-refractivity contribution in [2.75, 3.05) is 159 Å². The number of esters is 9. The minimum atomic E-state index is -1.42. The van der Waals surface area contributed by atoms with E-state index in [0.717, 1.165) is 75.2 Å². The molecule has 128 heavy (non-hydrogen) atoms. The largest absolute Gasteiger partial charge is 0.487 e. The second-order valence-corrected chi connectivity index (χ2v) is 30.8. The fraction of sp³-hybridized carbons (Fsp3) is 0.756. The minimum Gasteiger partial charge on any atom is -0.487 e. The standard InChI is InChI=1S/C82H129N6O39P/c1-49(2)88(50(3)4)128(118-25-21-22-83)117-24-20-18-17-19-23-84-79(101)63-44-64(108-38-32-102-26-29-105-35-41-111-80-69(85-51(5)89)76(122-60(14)98)73(119-57(11)95)66(125-80)46-114-54(8)92)72(110-40-34-104-28-31-107-37-43-113-82-71(87-53(7)91)78(124-62(16)100)75(121-59(13)97)68(127-82)48-116-56(10)94)65(45-63)109-39-33-103-27-30-106-36-42-112-81-70(86-52(6)90)77(123-61(15)99)74(120-58(12)96)67(126-81)47-115-55(9)93/h44-45,49-50,66-71,73-78,80-82H,17-21,23-43,46-48H2,1-16H3,(H,84,101)(H,85,89)(H,86,90)(H,87,91)/t66-,67-,68-,69-,70-,71-,73+,74+,75+,76-,77-,78-,80-,81-,82-,128?/m1/s1. The summed E-state index contributed by atoms with van der Waals surface area (Å²) in [5, 5.41) is 20.0. The number of ether oxygens (including phenoxy) is 24. The van der Waals surface area contributed by atoms with E-state index < -0.39 is 198 Å². The number of rotatable bonds is 63. The summed E-state index contributed by atoms with van der Waals surface area (Å²) < 4.78 is 153. The maximum Gasteiger partial charge on any atom is 0.303 e. The third-order valence-corrected chi connectivity index (χ3v) is 19.9. The van der Waals surface area contributed by atoms with Gasteiger partial charge in [0.2, 0.25) is 23.5 Å². The van der Waals surface area contributed by atoms with Gasteiger partial charge in [0.15, 0.2) is 67.0 Å². The number of amides is 4. The summed E-state index contributed by atoms with van der Waals surface area (Å²) >= 11 is 0. The lowest BCUT2D eigenvalue weighted by atomic mass is 9.96. The zero-order valence-electron chi connectivity index (χ0n) is 75.7. The van der Waals surface area contributed by atoms with E-state index in [2.05, 4.69) is 59.7 Å². The van der Waals surface area contributed by atoms with Crippen molar-refractivity contribution in [2.24, 2.45) is 0 Å². The number of hydrogen-bond acceptors (Lipinski definition) is 41. The predicted octanol–water partition coefficient (Wildman–Crippen LogP) is 2.52. The van der Waals surface area contributed by atoms with E-state index in [1.807, 2.05) is 0 Å². The molecular formula is C82H129N6O39P. The van der Waals surface area contributed by atoms with Crippen LogP contribution in [0.5, 0.6) is 17.2 Å². The van der Waals surface area contributed by atoms with E-state index in [-0.39, 0.29) is 173 Å². The molecule has 4 N–H and O–H groups in total. The lowest BCUT2D eigenvalue weighted by Gasteiger charge is -2.44. The quantitative estimate of drug-likeness (QED) is 0.0315. The van der Waals surface area contributed by atoms with Crippen LogP contribution in [0.1, 0.15) is 153 Å². The van der Waals surface area contributed by atoms with Crippen LogP contribution in [-0.4, -0.2) is 345 Å². The van der Waals surface area contributed by atoms with Crippen LogP contribution in [-0.2, 0) is 166 Å². The molecule has 1 unspecified atom stereocenters. The molecule has 1 aromatic carbocycles. The number of carbonyl (C=O) groups excluding carboxylic acids is 13. The van der Waals surface area contributed by atoms with Gasteiger partial charge in [-0.3, -0.25) is 62.3 Å². The first-order valence-corrected chi connectivity index (χ1v) is 43.2. The molecule has 1 aromatic rings. The first-order valence-electron chi connectivity index (χ1n) is 42.1. The van der Waals surface area contributed by atoms with Crippen LogP contribution in [0.3, 0.4) is 0 Å². The molecule has 46 heteroatoms. The van der Waals surface area contributed by atoms with Crippen LogP contribution in [0.15, 0.2) is 12.1 Å². The Morgan fingerprint density at radius 3 is 0.977 bits per heavy atom. The highest BCUT2D eigenvalue weighted by Crippen LogP contribution is 2.46. The molecule has 4 rings (SSSR count). The average molecular weight is 1850 g/mol. The van der Waals surface area contributed by atoms with E-state index in [4.69, 9.17) is 128 Å². The fourth-order valence-corrected chi connectivity index (χ4v) is 14.6. The normalized spacial score (nSPS) is 22.2. The Labute approximate surface area is 745 Å². The summed E-state index contributed by atoms with van der Waals surface area (Å²) in [5.41, 5.74) is 0.116. The molecular weight excluding hydrogens is 1720 g/mol. The van der Waals surface area contributed by atoms with Crippen LogP contribution < -0.4 is 35.5 Å². The Kier molecular flexibility index (Phi) is 54.3. The van der Waals surface area contributed by atoms with Gasteiger partial charge >= 0.3 is 53.7 Å². The molecule has 3 aliphatic heterocycles. The van der Waals surface area contributed by atoms with Crippen molar-refractivity contribution < 1.29 is 185 Å².